The summed E-state index contributed by atoms with van der Waals surface area (Å²) in [5.41, 5.74) is 2.06. The smallest absolute Gasteiger partial charge is 0.810 e. The molecule has 4 aliphatic rings. The van der Waals surface area contributed by atoms with Crippen LogP contribution in [0.1, 0.15) is 105 Å². The van der Waals surface area contributed by atoms with Crippen LogP contribution in [0.3, 0.4) is 0 Å². The van der Waals surface area contributed by atoms with Gasteiger partial charge in [-0.15, -0.1) is 0 Å². The van der Waals surface area contributed by atoms with Crippen molar-refractivity contribution in [2.24, 2.45) is 46.3 Å². The number of carbonyl (C=O) groups is 1. The van der Waals surface area contributed by atoms with E-state index in [9.17, 15) is 19.1 Å². The Hall–Kier alpha value is 2.43. The standard InChI is InChI=1S/C29H50NO5P.2K/c1-19(2)7-6-8-20(3)24-11-12-25-23-10-9-21-17-22(35-27(31)30-18-36(32,33)34)13-15-28(21,4)26(23)14-16-29(24,25)5;;/h9,19-20,22-26H,6-8,10-18H2,1-5H3,(H,30,31)(H2,32,33,34);;/q;2*+1/p-2/t20-,22+,23+,24-,25+,26+,28+,29-;;/m1../s1. The van der Waals surface area contributed by atoms with Gasteiger partial charge >= 0.3 is 109 Å². The molecule has 3 saturated carbocycles. The Morgan fingerprint density at radius 2 is 1.79 bits per heavy atom. The first-order chi connectivity index (χ1) is 16.8. The molecule has 1 amide bonds. The van der Waals surface area contributed by atoms with E-state index in [-0.39, 0.29) is 114 Å². The Balaban J connectivity index is 0.00000253. The van der Waals surface area contributed by atoms with Gasteiger partial charge in [-0.3, -0.25) is 0 Å². The summed E-state index contributed by atoms with van der Waals surface area (Å²) >= 11 is 0. The SMILES string of the molecule is CC(C)CCC[C@@H](C)[C@H]1CC[C@H]2[C@@H]3CC=C4C[C@@H](OC(=O)NCP(=O)([O-])[O-])CC[C@]4(C)[C@H]3CC[C@]12C.[K+].[K+]. The number of ether oxygens (including phenoxy) is 1. The van der Waals surface area contributed by atoms with E-state index in [1.165, 1.54) is 50.5 Å². The van der Waals surface area contributed by atoms with E-state index in [1.807, 2.05) is 0 Å². The number of rotatable bonds is 8. The zero-order valence-corrected chi connectivity index (χ0v) is 32.2. The average molecular weight is 600 g/mol. The third-order valence-corrected chi connectivity index (χ3v) is 11.5. The zero-order valence-electron chi connectivity index (χ0n) is 25.1. The van der Waals surface area contributed by atoms with E-state index in [4.69, 9.17) is 4.74 Å². The van der Waals surface area contributed by atoms with Crippen LogP contribution in [0.25, 0.3) is 0 Å². The minimum atomic E-state index is -4.78. The average Bonchev–Trinajstić information content (AvgIpc) is 3.14. The second-order valence-electron chi connectivity index (χ2n) is 13.5. The van der Waals surface area contributed by atoms with Crippen LogP contribution in [0.2, 0.25) is 0 Å². The van der Waals surface area contributed by atoms with Gasteiger partial charge in [0.05, 0.1) is 0 Å². The van der Waals surface area contributed by atoms with Crippen LogP contribution >= 0.6 is 7.60 Å². The van der Waals surface area contributed by atoms with Crippen LogP contribution in [0.4, 0.5) is 4.79 Å². The number of amides is 1. The van der Waals surface area contributed by atoms with E-state index in [2.05, 4.69) is 46.0 Å². The van der Waals surface area contributed by atoms with Crippen LogP contribution in [0.15, 0.2) is 11.6 Å². The van der Waals surface area contributed by atoms with Crippen molar-refractivity contribution in [3.05, 3.63) is 11.6 Å². The molecule has 0 aliphatic heterocycles. The molecule has 1 N–H and O–H groups in total. The van der Waals surface area contributed by atoms with Gasteiger partial charge in [0.15, 0.2) is 0 Å². The Kier molecular flexibility index (Phi) is 14.4. The first-order valence-corrected chi connectivity index (χ1v) is 16.2. The molecule has 0 aromatic carbocycles. The van der Waals surface area contributed by atoms with Crippen molar-refractivity contribution in [2.45, 2.75) is 111 Å². The molecule has 8 atom stereocenters. The number of alkyl carbamates (subject to hydrolysis) is 1. The quantitative estimate of drug-likeness (QED) is 0.241. The first kappa shape index (κ1) is 36.6. The van der Waals surface area contributed by atoms with Gasteiger partial charge in [0.2, 0.25) is 0 Å². The van der Waals surface area contributed by atoms with Gasteiger partial charge in [0.1, 0.15) is 6.10 Å². The minimum absolute atomic E-state index is 0. The Bertz CT molecular complexity index is 894. The van der Waals surface area contributed by atoms with Crippen molar-refractivity contribution in [3.63, 3.8) is 0 Å². The van der Waals surface area contributed by atoms with Crippen LogP contribution in [-0.4, -0.2) is 18.5 Å². The normalized spacial score (nSPS) is 36.9. The van der Waals surface area contributed by atoms with Gasteiger partial charge in [0, 0.05) is 12.7 Å². The molecule has 0 bridgehead atoms. The molecule has 0 radical (unpaired) electrons. The van der Waals surface area contributed by atoms with Gasteiger partial charge < -0.3 is 24.4 Å². The molecule has 0 heterocycles. The van der Waals surface area contributed by atoms with Gasteiger partial charge in [-0.05, 0) is 98.9 Å². The number of fused-ring (bicyclic) bond motifs is 5. The topological polar surface area (TPSA) is 102 Å². The Labute approximate surface area is 316 Å². The van der Waals surface area contributed by atoms with Crippen LogP contribution in [-0.2, 0) is 9.30 Å². The third-order valence-electron chi connectivity index (χ3n) is 11.0. The fourth-order valence-electron chi connectivity index (χ4n) is 9.11. The number of allylic oxidation sites excluding steroid dienone is 1. The van der Waals surface area contributed by atoms with Gasteiger partial charge in [0.25, 0.3) is 0 Å². The van der Waals surface area contributed by atoms with Gasteiger partial charge in [-0.1, -0.05) is 65.5 Å². The summed E-state index contributed by atoms with van der Waals surface area (Å²) in [6, 6.07) is 0. The maximum absolute atomic E-state index is 12.0. The second kappa shape index (κ2) is 14.9. The van der Waals surface area contributed by atoms with Gasteiger partial charge in [-0.2, -0.15) is 0 Å². The monoisotopic (exact) mass is 599 g/mol. The van der Waals surface area contributed by atoms with E-state index in [0.717, 1.165) is 55.3 Å². The Morgan fingerprint density at radius 3 is 2.45 bits per heavy atom. The molecular weight excluding hydrogens is 551 g/mol. The van der Waals surface area contributed by atoms with E-state index in [1.54, 1.807) is 0 Å². The summed E-state index contributed by atoms with van der Waals surface area (Å²) in [4.78, 5) is 33.6. The molecule has 4 aliphatic carbocycles. The van der Waals surface area contributed by atoms with E-state index >= 15 is 0 Å². The fourth-order valence-corrected chi connectivity index (χ4v) is 9.43. The van der Waals surface area contributed by atoms with Crippen molar-refractivity contribution in [3.8, 4) is 0 Å². The number of nitrogens with one attached hydrogen (secondary N) is 1. The number of carbonyl (C=O) groups excluding carboxylic acids is 1. The van der Waals surface area contributed by atoms with Crippen LogP contribution in [0.5, 0.6) is 0 Å². The largest absolute Gasteiger partial charge is 1.00 e. The maximum atomic E-state index is 12.0. The van der Waals surface area contributed by atoms with Crippen molar-refractivity contribution < 1.29 is 127 Å². The Morgan fingerprint density at radius 1 is 1.08 bits per heavy atom. The third kappa shape index (κ3) is 8.32. The second-order valence-corrected chi connectivity index (χ2v) is 15.0. The molecule has 0 spiro atoms. The molecule has 9 heteroatoms. The molecule has 4 rings (SSSR count). The zero-order chi connectivity index (χ0) is 26.3. The molecule has 3 fully saturated rings. The van der Waals surface area contributed by atoms with Crippen LogP contribution in [0, 0.1) is 46.3 Å². The van der Waals surface area contributed by atoms with Crippen molar-refractivity contribution in [1.82, 2.24) is 5.32 Å². The van der Waals surface area contributed by atoms with Crippen molar-refractivity contribution in [1.29, 1.82) is 0 Å². The van der Waals surface area contributed by atoms with E-state index in [0.29, 0.717) is 11.3 Å². The number of hydrogen-bond acceptors (Lipinski definition) is 5. The predicted molar refractivity (Wildman–Crippen MR) is 139 cm³/mol. The number of hydrogen-bond donors (Lipinski definition) is 1. The van der Waals surface area contributed by atoms with Crippen molar-refractivity contribution in [2.75, 3.05) is 6.29 Å². The summed E-state index contributed by atoms with van der Waals surface area (Å²) in [5.74, 6) is 4.75. The summed E-state index contributed by atoms with van der Waals surface area (Å²) in [5, 5.41) is 2.09. The predicted octanol–water partition coefficient (Wildman–Crippen LogP) is 0.00180. The first-order valence-electron chi connectivity index (χ1n) is 14.5. The molecule has 206 valence electrons. The summed E-state index contributed by atoms with van der Waals surface area (Å²) < 4.78 is 16.3. The molecular formula is C29H48K2NO5P. The molecule has 0 saturated heterocycles. The molecule has 0 aromatic rings. The summed E-state index contributed by atoms with van der Waals surface area (Å²) in [7, 11) is -4.78. The molecule has 0 unspecified atom stereocenters. The fraction of sp³-hybridized carbons (Fsp3) is 0.897. The molecule has 0 aromatic heterocycles. The summed E-state index contributed by atoms with van der Waals surface area (Å²) in [6.07, 6.45) is 13.6. The van der Waals surface area contributed by atoms with Crippen LogP contribution < -0.4 is 118 Å². The molecule has 38 heavy (non-hydrogen) atoms. The molecule has 6 nitrogen and oxygen atoms in total. The minimum Gasteiger partial charge on any atom is -0.810 e. The van der Waals surface area contributed by atoms with E-state index < -0.39 is 20.0 Å². The van der Waals surface area contributed by atoms with Gasteiger partial charge in [-0.25, -0.2) is 4.79 Å². The summed E-state index contributed by atoms with van der Waals surface area (Å²) in [6.45, 7) is 12.3. The maximum Gasteiger partial charge on any atom is 1.00 e. The van der Waals surface area contributed by atoms with Crippen molar-refractivity contribution >= 4 is 13.7 Å².